The van der Waals surface area contributed by atoms with Gasteiger partial charge in [-0.1, -0.05) is 28.9 Å². The van der Waals surface area contributed by atoms with Gasteiger partial charge in [-0.05, 0) is 12.2 Å². The van der Waals surface area contributed by atoms with Gasteiger partial charge in [-0.3, -0.25) is 19.1 Å². The summed E-state index contributed by atoms with van der Waals surface area (Å²) in [5, 5.41) is 0. The topological polar surface area (TPSA) is 97.4 Å². The maximum absolute atomic E-state index is 11.8. The Hall–Kier alpha value is -1.93. The molecule has 166 valence electrons. The van der Waals surface area contributed by atoms with E-state index >= 15 is 0 Å². The van der Waals surface area contributed by atoms with E-state index in [0.717, 1.165) is 0 Å². The van der Waals surface area contributed by atoms with Gasteiger partial charge in [-0.25, -0.2) is 0 Å². The van der Waals surface area contributed by atoms with Gasteiger partial charge in [-0.15, -0.1) is 5.73 Å². The van der Waals surface area contributed by atoms with Gasteiger partial charge >= 0.3 is 17.9 Å². The Balaban J connectivity index is 2.49. The van der Waals surface area contributed by atoms with Crippen LogP contribution in [-0.2, 0) is 38.1 Å². The maximum atomic E-state index is 11.8. The average Bonchev–Trinajstić information content (AvgIpc) is 2.96. The zero-order chi connectivity index (χ0) is 22.4. The van der Waals surface area contributed by atoms with Crippen molar-refractivity contribution in [1.82, 2.24) is 0 Å². The molecule has 0 N–H and O–H groups in total. The summed E-state index contributed by atoms with van der Waals surface area (Å²) >= 11 is 3.16. The highest BCUT2D eigenvalue weighted by molar-refractivity contribution is 9.11. The first-order chi connectivity index (χ1) is 14.1. The van der Waals surface area contributed by atoms with E-state index in [1.807, 2.05) is 6.92 Å². The smallest absolute Gasteiger partial charge is 0.305 e. The number of halogens is 1. The highest BCUT2D eigenvalue weighted by atomic mass is 79.9. The van der Waals surface area contributed by atoms with E-state index in [9.17, 15) is 14.4 Å². The van der Waals surface area contributed by atoms with Gasteiger partial charge in [0.2, 0.25) is 11.6 Å². The van der Waals surface area contributed by atoms with Crippen molar-refractivity contribution in [3.05, 3.63) is 28.9 Å². The van der Waals surface area contributed by atoms with Crippen molar-refractivity contribution in [1.29, 1.82) is 0 Å². The largest absolute Gasteiger partial charge is 0.458 e. The zero-order valence-electron chi connectivity index (χ0n) is 17.5. The Morgan fingerprint density at radius 3 is 2.40 bits per heavy atom. The van der Waals surface area contributed by atoms with Crippen LogP contribution in [-0.4, -0.2) is 48.3 Å². The molecule has 2 bridgehead atoms. The number of carbonyl (C=O) groups is 3. The number of hydrogen-bond donors (Lipinski definition) is 0. The SMILES string of the molecule is CC(=O)O[C@H]1C=C[C@@H](C=C=CBr)OC[C@H](C)[C@]2(OC(C)=O)CC[C@](OC(C)=O)(C1)O2. The van der Waals surface area contributed by atoms with Gasteiger partial charge in [0.1, 0.15) is 12.2 Å². The number of esters is 3. The first kappa shape index (κ1) is 24.3. The van der Waals surface area contributed by atoms with E-state index in [0.29, 0.717) is 6.42 Å². The van der Waals surface area contributed by atoms with Crippen molar-refractivity contribution in [2.45, 2.75) is 70.7 Å². The van der Waals surface area contributed by atoms with Crippen molar-refractivity contribution >= 4 is 33.8 Å². The minimum absolute atomic E-state index is 0.0448. The summed E-state index contributed by atoms with van der Waals surface area (Å²) in [6.45, 7) is 5.87. The summed E-state index contributed by atoms with van der Waals surface area (Å²) in [6.07, 6.45) is 4.44. The molecule has 8 nitrogen and oxygen atoms in total. The Bertz CT molecular complexity index is 756. The van der Waals surface area contributed by atoms with Crippen molar-refractivity contribution in [2.75, 3.05) is 6.61 Å². The second-order valence-electron chi connectivity index (χ2n) is 7.39. The molecule has 0 saturated carbocycles. The van der Waals surface area contributed by atoms with Crippen LogP contribution >= 0.6 is 15.9 Å². The monoisotopic (exact) mass is 486 g/mol. The molecule has 2 aliphatic heterocycles. The second-order valence-corrected chi connectivity index (χ2v) is 7.85. The minimum Gasteiger partial charge on any atom is -0.458 e. The number of hydrogen-bond acceptors (Lipinski definition) is 8. The summed E-state index contributed by atoms with van der Waals surface area (Å²) in [5.74, 6) is -4.70. The van der Waals surface area contributed by atoms with Crippen LogP contribution in [0.4, 0.5) is 0 Å². The highest BCUT2D eigenvalue weighted by Gasteiger charge is 2.57. The van der Waals surface area contributed by atoms with Gasteiger partial charge in [0, 0.05) is 44.5 Å². The maximum Gasteiger partial charge on any atom is 0.305 e. The fourth-order valence-corrected chi connectivity index (χ4v) is 3.79. The predicted molar refractivity (Wildman–Crippen MR) is 109 cm³/mol. The Kier molecular flexibility index (Phi) is 8.43. The molecule has 0 aromatic rings. The first-order valence-electron chi connectivity index (χ1n) is 9.67. The fourth-order valence-electron chi connectivity index (χ4n) is 3.64. The summed E-state index contributed by atoms with van der Waals surface area (Å²) < 4.78 is 28.7. The van der Waals surface area contributed by atoms with E-state index in [4.69, 9.17) is 23.7 Å². The molecule has 0 aliphatic carbocycles. The molecule has 30 heavy (non-hydrogen) atoms. The van der Waals surface area contributed by atoms with Crippen LogP contribution < -0.4 is 0 Å². The fraction of sp³-hybridized carbons (Fsp3) is 0.619. The minimum atomic E-state index is -1.41. The lowest BCUT2D eigenvalue weighted by molar-refractivity contribution is -0.321. The molecule has 0 aromatic heterocycles. The molecular formula is C21H27BrO8. The summed E-state index contributed by atoms with van der Waals surface area (Å²) in [7, 11) is 0. The lowest BCUT2D eigenvalue weighted by atomic mass is 9.96. The van der Waals surface area contributed by atoms with Crippen LogP contribution in [0, 0.1) is 5.92 Å². The number of carbonyl (C=O) groups excluding carboxylic acids is 3. The zero-order valence-corrected chi connectivity index (χ0v) is 19.1. The number of ether oxygens (including phenoxy) is 5. The normalized spacial score (nSPS) is 33.4. The van der Waals surface area contributed by atoms with Crippen molar-refractivity contribution in [2.24, 2.45) is 5.92 Å². The van der Waals surface area contributed by atoms with Gasteiger partial charge in [-0.2, -0.15) is 0 Å². The molecule has 0 aromatic carbocycles. The lowest BCUT2D eigenvalue weighted by Gasteiger charge is -2.37. The van der Waals surface area contributed by atoms with E-state index in [-0.39, 0.29) is 25.4 Å². The van der Waals surface area contributed by atoms with Crippen LogP contribution in [0.5, 0.6) is 0 Å². The van der Waals surface area contributed by atoms with Crippen molar-refractivity contribution in [3.63, 3.8) is 0 Å². The molecule has 0 amide bonds. The molecule has 2 aliphatic rings. The van der Waals surface area contributed by atoms with Gasteiger partial charge in [0.05, 0.1) is 13.0 Å². The standard InChI is InChI=1S/C21H27BrO8/c1-14-13-26-18(6-5-11-22)7-8-19(27-15(2)23)12-20(28-16(3)24)9-10-21(14,30-20)29-17(4)25/h6-8,11,14,18-19H,9-10,12-13H2,1-4H3/t5?,14-,18+,19-,20+,21-/m0/s1. The average molecular weight is 487 g/mol. The molecule has 0 unspecified atom stereocenters. The van der Waals surface area contributed by atoms with Crippen LogP contribution in [0.2, 0.25) is 0 Å². The van der Waals surface area contributed by atoms with E-state index < -0.39 is 41.7 Å². The van der Waals surface area contributed by atoms with E-state index in [1.54, 1.807) is 23.2 Å². The summed E-state index contributed by atoms with van der Waals surface area (Å²) in [6, 6.07) is 0. The molecule has 9 heteroatoms. The van der Waals surface area contributed by atoms with Crippen LogP contribution in [0.25, 0.3) is 0 Å². The van der Waals surface area contributed by atoms with Crippen LogP contribution in [0.15, 0.2) is 28.9 Å². The summed E-state index contributed by atoms with van der Waals surface area (Å²) in [5.41, 5.74) is 2.89. The highest BCUT2D eigenvalue weighted by Crippen LogP contribution is 2.47. The lowest BCUT2D eigenvalue weighted by Crippen LogP contribution is -2.48. The van der Waals surface area contributed by atoms with Gasteiger partial charge in [0.25, 0.3) is 0 Å². The van der Waals surface area contributed by atoms with Crippen molar-refractivity contribution < 1.29 is 38.1 Å². The quantitative estimate of drug-likeness (QED) is 0.258. The van der Waals surface area contributed by atoms with Crippen LogP contribution in [0.1, 0.15) is 47.0 Å². The van der Waals surface area contributed by atoms with Crippen LogP contribution in [0.3, 0.4) is 0 Å². The third-order valence-corrected chi connectivity index (χ3v) is 5.08. The molecule has 5 atom stereocenters. The number of fused-ring (bicyclic) bond motifs is 2. The molecular weight excluding hydrogens is 460 g/mol. The van der Waals surface area contributed by atoms with Crippen molar-refractivity contribution in [3.8, 4) is 0 Å². The van der Waals surface area contributed by atoms with Gasteiger partial charge < -0.3 is 18.9 Å². The first-order valence-corrected chi connectivity index (χ1v) is 10.6. The Labute approximate surface area is 184 Å². The third-order valence-electron chi connectivity index (χ3n) is 4.82. The number of rotatable bonds is 4. The molecule has 2 rings (SSSR count). The summed E-state index contributed by atoms with van der Waals surface area (Å²) in [4.78, 5) is 36.9. The molecule has 0 spiro atoms. The molecule has 2 heterocycles. The Morgan fingerprint density at radius 2 is 1.80 bits per heavy atom. The predicted octanol–water partition coefficient (Wildman–Crippen LogP) is 3.29. The molecule has 1 saturated heterocycles. The molecule has 1 fully saturated rings. The Morgan fingerprint density at radius 1 is 1.10 bits per heavy atom. The van der Waals surface area contributed by atoms with Gasteiger partial charge in [0.15, 0.2) is 0 Å². The second kappa shape index (κ2) is 10.4. The van der Waals surface area contributed by atoms with E-state index in [2.05, 4.69) is 21.7 Å². The molecule has 0 radical (unpaired) electrons. The van der Waals surface area contributed by atoms with E-state index in [1.165, 1.54) is 20.8 Å². The third kappa shape index (κ3) is 6.54.